The van der Waals surface area contributed by atoms with E-state index in [-0.39, 0.29) is 24.6 Å². The molecule has 0 atom stereocenters. The summed E-state index contributed by atoms with van der Waals surface area (Å²) in [5, 5.41) is 0. The predicted octanol–water partition coefficient (Wildman–Crippen LogP) is 4.27. The fourth-order valence-corrected chi connectivity index (χ4v) is 4.48. The van der Waals surface area contributed by atoms with Gasteiger partial charge in [-0.05, 0) is 37.1 Å². The number of furan rings is 1. The second-order valence-electron chi connectivity index (χ2n) is 9.44. The monoisotopic (exact) mass is 511 g/mol. The summed E-state index contributed by atoms with van der Waals surface area (Å²) >= 11 is 0. The van der Waals surface area contributed by atoms with Crippen molar-refractivity contribution in [1.82, 2.24) is 14.7 Å². The van der Waals surface area contributed by atoms with Gasteiger partial charge in [0.25, 0.3) is 0 Å². The van der Waals surface area contributed by atoms with Gasteiger partial charge in [-0.25, -0.2) is 8.78 Å². The largest absolute Gasteiger partial charge is 0.464 e. The third-order valence-electron chi connectivity index (χ3n) is 6.63. The van der Waals surface area contributed by atoms with Crippen LogP contribution < -0.4 is 0 Å². The average Bonchev–Trinajstić information content (AvgIpc) is 3.33. The quantitative estimate of drug-likeness (QED) is 0.364. The van der Waals surface area contributed by atoms with Crippen LogP contribution in [-0.4, -0.2) is 73.1 Å². The van der Waals surface area contributed by atoms with E-state index in [0.717, 1.165) is 42.8 Å². The highest BCUT2D eigenvalue weighted by Crippen LogP contribution is 2.16. The van der Waals surface area contributed by atoms with Crippen molar-refractivity contribution in [2.45, 2.75) is 26.4 Å². The lowest BCUT2D eigenvalue weighted by atomic mass is 10.1. The molecule has 1 aliphatic heterocycles. The van der Waals surface area contributed by atoms with Gasteiger partial charge in [-0.3, -0.25) is 14.6 Å². The van der Waals surface area contributed by atoms with E-state index in [1.807, 2.05) is 54.3 Å². The molecular weight excluding hydrogens is 476 g/mol. The van der Waals surface area contributed by atoms with Crippen molar-refractivity contribution in [1.29, 1.82) is 0 Å². The fraction of sp³-hybridized carbons (Fsp3) is 0.414. The number of benzene rings is 2. The number of ether oxygens (including phenoxy) is 1. The van der Waals surface area contributed by atoms with E-state index in [0.29, 0.717) is 39.3 Å². The van der Waals surface area contributed by atoms with Crippen molar-refractivity contribution in [2.75, 3.05) is 52.5 Å². The van der Waals surface area contributed by atoms with E-state index in [2.05, 4.69) is 4.90 Å². The van der Waals surface area contributed by atoms with Crippen LogP contribution in [0.4, 0.5) is 8.78 Å². The predicted molar refractivity (Wildman–Crippen MR) is 138 cm³/mol. The molecule has 6 nitrogen and oxygen atoms in total. The molecule has 198 valence electrons. The molecule has 3 aromatic rings. The van der Waals surface area contributed by atoms with Crippen molar-refractivity contribution < 1.29 is 22.7 Å². The second-order valence-corrected chi connectivity index (χ2v) is 9.44. The van der Waals surface area contributed by atoms with Crippen molar-refractivity contribution in [3.05, 3.63) is 94.9 Å². The van der Waals surface area contributed by atoms with Crippen LogP contribution in [0.3, 0.4) is 0 Å². The Hall–Kier alpha value is -3.07. The van der Waals surface area contributed by atoms with E-state index in [1.54, 1.807) is 11.0 Å². The maximum absolute atomic E-state index is 14.5. The highest BCUT2D eigenvalue weighted by molar-refractivity contribution is 5.78. The summed E-state index contributed by atoms with van der Waals surface area (Å²) in [6.45, 7) is 7.23. The molecule has 0 spiro atoms. The lowest BCUT2D eigenvalue weighted by Crippen LogP contribution is -2.45. The smallest absolute Gasteiger partial charge is 0.237 e. The van der Waals surface area contributed by atoms with Crippen LogP contribution in [0, 0.1) is 18.6 Å². The number of halogens is 2. The molecule has 0 unspecified atom stereocenters. The summed E-state index contributed by atoms with van der Waals surface area (Å²) in [6.07, 6.45) is 0.707. The molecule has 1 amide bonds. The number of rotatable bonds is 12. The lowest BCUT2D eigenvalue weighted by molar-refractivity contribution is -0.133. The van der Waals surface area contributed by atoms with E-state index in [4.69, 9.17) is 9.15 Å². The molecule has 37 heavy (non-hydrogen) atoms. The van der Waals surface area contributed by atoms with Crippen LogP contribution >= 0.6 is 0 Å². The molecule has 1 aromatic heterocycles. The fourth-order valence-electron chi connectivity index (χ4n) is 4.48. The summed E-state index contributed by atoms with van der Waals surface area (Å²) < 4.78 is 39.6. The number of aryl methyl sites for hydroxylation is 1. The lowest BCUT2D eigenvalue weighted by Gasteiger charge is -2.31. The normalized spacial score (nSPS) is 14.3. The highest BCUT2D eigenvalue weighted by Gasteiger charge is 2.22. The summed E-state index contributed by atoms with van der Waals surface area (Å²) in [4.78, 5) is 19.6. The van der Waals surface area contributed by atoms with Crippen molar-refractivity contribution >= 4 is 5.91 Å². The van der Waals surface area contributed by atoms with Crippen molar-refractivity contribution in [3.8, 4) is 0 Å². The Morgan fingerprint density at radius 1 is 0.946 bits per heavy atom. The number of morpholine rings is 1. The van der Waals surface area contributed by atoms with Gasteiger partial charge in [0.2, 0.25) is 5.91 Å². The summed E-state index contributed by atoms with van der Waals surface area (Å²) in [7, 11) is 0. The van der Waals surface area contributed by atoms with Gasteiger partial charge in [-0.1, -0.05) is 42.5 Å². The summed E-state index contributed by atoms with van der Waals surface area (Å²) in [5.41, 5.74) is 1.38. The molecule has 2 heterocycles. The van der Waals surface area contributed by atoms with E-state index in [1.165, 1.54) is 6.07 Å². The number of carbonyl (C=O) groups excluding carboxylic acids is 1. The standard InChI is InChI=1S/C29H35F2N3O3/c1-23-10-11-26(37-23)21-34(13-12-24-6-3-2-4-7-24)28(35)22-33(15-14-32-16-18-36-19-17-32)20-25-8-5-9-27(30)29(25)31/h2-11H,12-22H2,1H3. The molecule has 0 saturated carbocycles. The van der Waals surface area contributed by atoms with E-state index >= 15 is 0 Å². The number of hydrogen-bond acceptors (Lipinski definition) is 5. The Morgan fingerprint density at radius 3 is 2.46 bits per heavy atom. The Morgan fingerprint density at radius 2 is 1.73 bits per heavy atom. The molecule has 0 radical (unpaired) electrons. The van der Waals surface area contributed by atoms with Gasteiger partial charge in [0, 0.05) is 44.8 Å². The summed E-state index contributed by atoms with van der Waals surface area (Å²) in [5.74, 6) is -0.314. The average molecular weight is 512 g/mol. The first-order valence-corrected chi connectivity index (χ1v) is 12.8. The molecule has 0 N–H and O–H groups in total. The molecule has 0 bridgehead atoms. The minimum Gasteiger partial charge on any atom is -0.464 e. The van der Waals surface area contributed by atoms with Gasteiger partial charge in [-0.15, -0.1) is 0 Å². The van der Waals surface area contributed by atoms with E-state index < -0.39 is 11.6 Å². The summed E-state index contributed by atoms with van der Waals surface area (Å²) in [6, 6.07) is 18.0. The SMILES string of the molecule is Cc1ccc(CN(CCc2ccccc2)C(=O)CN(CCN2CCOCC2)Cc2cccc(F)c2F)o1. The molecule has 1 fully saturated rings. The molecule has 1 aliphatic rings. The van der Waals surface area contributed by atoms with Crippen LogP contribution in [0.2, 0.25) is 0 Å². The number of nitrogens with zero attached hydrogens (tertiary/aromatic N) is 3. The molecule has 4 rings (SSSR count). The Bertz CT molecular complexity index is 1130. The second kappa shape index (κ2) is 13.5. The van der Waals surface area contributed by atoms with Gasteiger partial charge in [0.15, 0.2) is 11.6 Å². The first kappa shape index (κ1) is 27.0. The zero-order chi connectivity index (χ0) is 26.0. The van der Waals surface area contributed by atoms with Gasteiger partial charge in [-0.2, -0.15) is 0 Å². The van der Waals surface area contributed by atoms with Gasteiger partial charge in [0.05, 0.1) is 26.3 Å². The molecular formula is C29H35F2N3O3. The Labute approximate surface area is 217 Å². The third-order valence-corrected chi connectivity index (χ3v) is 6.63. The first-order chi connectivity index (χ1) is 18.0. The first-order valence-electron chi connectivity index (χ1n) is 12.8. The van der Waals surface area contributed by atoms with Crippen LogP contribution in [0.15, 0.2) is 65.1 Å². The van der Waals surface area contributed by atoms with Crippen molar-refractivity contribution in [3.63, 3.8) is 0 Å². The number of amides is 1. The van der Waals surface area contributed by atoms with E-state index in [9.17, 15) is 13.6 Å². The van der Waals surface area contributed by atoms with Gasteiger partial charge in [0.1, 0.15) is 11.5 Å². The molecule has 0 aliphatic carbocycles. The molecule has 2 aromatic carbocycles. The Balaban J connectivity index is 1.48. The zero-order valence-corrected chi connectivity index (χ0v) is 21.4. The maximum Gasteiger partial charge on any atom is 0.237 e. The molecule has 1 saturated heterocycles. The third kappa shape index (κ3) is 8.21. The minimum absolute atomic E-state index is 0.0798. The maximum atomic E-state index is 14.5. The van der Waals surface area contributed by atoms with Gasteiger partial charge < -0.3 is 14.1 Å². The van der Waals surface area contributed by atoms with Crippen LogP contribution in [0.25, 0.3) is 0 Å². The van der Waals surface area contributed by atoms with Gasteiger partial charge >= 0.3 is 0 Å². The zero-order valence-electron chi connectivity index (χ0n) is 21.4. The molecule has 8 heteroatoms. The van der Waals surface area contributed by atoms with Crippen LogP contribution in [0.1, 0.15) is 22.6 Å². The highest BCUT2D eigenvalue weighted by atomic mass is 19.2. The van der Waals surface area contributed by atoms with Crippen LogP contribution in [0.5, 0.6) is 0 Å². The topological polar surface area (TPSA) is 49.2 Å². The van der Waals surface area contributed by atoms with Crippen molar-refractivity contribution in [2.24, 2.45) is 0 Å². The Kier molecular flexibility index (Phi) is 9.82. The minimum atomic E-state index is -0.880. The van der Waals surface area contributed by atoms with Crippen LogP contribution in [-0.2, 0) is 29.0 Å². The number of hydrogen-bond donors (Lipinski definition) is 0. The number of carbonyl (C=O) groups is 1.